The quantitative estimate of drug-likeness (QED) is 0.536. The molecular formula is C23H27NO5. The molecule has 2 aromatic carbocycles. The molecule has 0 bridgehead atoms. The number of Topliss-reactive ketones (excluding diaryl/α,β-unsaturated/α-hetero) is 1. The molecule has 0 aliphatic rings. The molecule has 0 heterocycles. The Morgan fingerprint density at radius 1 is 0.931 bits per heavy atom. The van der Waals surface area contributed by atoms with Gasteiger partial charge in [-0.25, -0.2) is 4.79 Å². The average molecular weight is 397 g/mol. The first-order chi connectivity index (χ1) is 13.7. The molecule has 154 valence electrons. The van der Waals surface area contributed by atoms with Crippen LogP contribution in [0.5, 0.6) is 5.75 Å². The summed E-state index contributed by atoms with van der Waals surface area (Å²) in [4.78, 5) is 36.3. The first-order valence-electron chi connectivity index (χ1n) is 9.52. The first-order valence-corrected chi connectivity index (χ1v) is 9.52. The van der Waals surface area contributed by atoms with E-state index in [-0.39, 0.29) is 24.2 Å². The molecule has 0 saturated carbocycles. The molecule has 1 unspecified atom stereocenters. The van der Waals surface area contributed by atoms with Crippen molar-refractivity contribution in [3.63, 3.8) is 0 Å². The highest BCUT2D eigenvalue weighted by molar-refractivity contribution is 6.01. The summed E-state index contributed by atoms with van der Waals surface area (Å²) in [6.07, 6.45) is -0.944. The van der Waals surface area contributed by atoms with Gasteiger partial charge in [-0.3, -0.25) is 9.59 Å². The minimum atomic E-state index is -0.944. The van der Waals surface area contributed by atoms with E-state index in [1.165, 1.54) is 6.92 Å². The lowest BCUT2D eigenvalue weighted by atomic mass is 10.1. The zero-order valence-electron chi connectivity index (χ0n) is 17.4. The smallest absolute Gasteiger partial charge is 0.344 e. The van der Waals surface area contributed by atoms with E-state index in [0.717, 1.165) is 11.1 Å². The summed E-state index contributed by atoms with van der Waals surface area (Å²) in [7, 11) is 0. The Kier molecular flexibility index (Phi) is 7.53. The van der Waals surface area contributed by atoms with E-state index in [0.29, 0.717) is 17.0 Å². The highest BCUT2D eigenvalue weighted by Crippen LogP contribution is 2.22. The van der Waals surface area contributed by atoms with Gasteiger partial charge in [0, 0.05) is 17.2 Å². The van der Waals surface area contributed by atoms with Gasteiger partial charge in [-0.2, -0.15) is 0 Å². The van der Waals surface area contributed by atoms with Crippen molar-refractivity contribution in [1.82, 2.24) is 0 Å². The molecule has 6 heteroatoms. The van der Waals surface area contributed by atoms with Gasteiger partial charge in [0.15, 0.2) is 12.7 Å². The van der Waals surface area contributed by atoms with Crippen molar-refractivity contribution >= 4 is 23.3 Å². The van der Waals surface area contributed by atoms with Crippen LogP contribution in [0.1, 0.15) is 42.3 Å². The number of para-hydroxylation sites is 1. The second kappa shape index (κ2) is 9.87. The Morgan fingerprint density at radius 2 is 1.52 bits per heavy atom. The first kappa shape index (κ1) is 22.1. The predicted octanol–water partition coefficient (Wildman–Crippen LogP) is 4.09. The molecule has 1 atom stereocenters. The van der Waals surface area contributed by atoms with Gasteiger partial charge in [0.1, 0.15) is 5.75 Å². The SMILES string of the molecule is Cc1cccc(C)c1OCC(=O)OC(C)C(=O)c1ccc(NC(=O)C(C)C)cc1. The largest absolute Gasteiger partial charge is 0.481 e. The lowest BCUT2D eigenvalue weighted by molar-refractivity contribution is -0.148. The minimum Gasteiger partial charge on any atom is -0.481 e. The highest BCUT2D eigenvalue weighted by Gasteiger charge is 2.20. The number of hydrogen-bond acceptors (Lipinski definition) is 5. The molecule has 0 aromatic heterocycles. The van der Waals surface area contributed by atoms with Crippen molar-refractivity contribution in [2.45, 2.75) is 40.7 Å². The topological polar surface area (TPSA) is 81.7 Å². The van der Waals surface area contributed by atoms with Gasteiger partial charge >= 0.3 is 5.97 Å². The summed E-state index contributed by atoms with van der Waals surface area (Å²) in [6.45, 7) is 8.64. The summed E-state index contributed by atoms with van der Waals surface area (Å²) in [5, 5.41) is 2.76. The van der Waals surface area contributed by atoms with Crippen molar-refractivity contribution in [3.8, 4) is 5.75 Å². The Balaban J connectivity index is 1.91. The maximum Gasteiger partial charge on any atom is 0.344 e. The number of esters is 1. The number of carbonyl (C=O) groups is 3. The fourth-order valence-electron chi connectivity index (χ4n) is 2.68. The van der Waals surface area contributed by atoms with Gasteiger partial charge < -0.3 is 14.8 Å². The summed E-state index contributed by atoms with van der Waals surface area (Å²) in [5.74, 6) is -0.541. The number of nitrogens with one attached hydrogen (secondary N) is 1. The maximum atomic E-state index is 12.5. The number of hydrogen-bond donors (Lipinski definition) is 1. The van der Waals surface area contributed by atoms with Crippen molar-refractivity contribution in [3.05, 3.63) is 59.2 Å². The van der Waals surface area contributed by atoms with Crippen LogP contribution in [-0.4, -0.2) is 30.4 Å². The van der Waals surface area contributed by atoms with Gasteiger partial charge in [0.2, 0.25) is 11.7 Å². The minimum absolute atomic E-state index is 0.102. The van der Waals surface area contributed by atoms with Gasteiger partial charge in [0.25, 0.3) is 0 Å². The summed E-state index contributed by atoms with van der Waals surface area (Å²) in [5.41, 5.74) is 2.84. The molecule has 1 N–H and O–H groups in total. The zero-order chi connectivity index (χ0) is 21.6. The fraction of sp³-hybridized carbons (Fsp3) is 0.348. The molecule has 0 aliphatic heterocycles. The maximum absolute atomic E-state index is 12.5. The number of aryl methyl sites for hydroxylation is 2. The van der Waals surface area contributed by atoms with E-state index in [9.17, 15) is 14.4 Å². The van der Waals surface area contributed by atoms with Crippen molar-refractivity contribution in [2.75, 3.05) is 11.9 Å². The number of carbonyl (C=O) groups excluding carboxylic acids is 3. The second-order valence-corrected chi connectivity index (χ2v) is 7.23. The Morgan fingerprint density at radius 3 is 2.07 bits per heavy atom. The lowest BCUT2D eigenvalue weighted by Crippen LogP contribution is -2.27. The van der Waals surface area contributed by atoms with Crippen molar-refractivity contribution in [1.29, 1.82) is 0 Å². The van der Waals surface area contributed by atoms with E-state index in [1.54, 1.807) is 38.1 Å². The Bertz CT molecular complexity index is 866. The van der Waals surface area contributed by atoms with Crippen LogP contribution in [0.4, 0.5) is 5.69 Å². The molecule has 29 heavy (non-hydrogen) atoms. The van der Waals surface area contributed by atoms with E-state index < -0.39 is 12.1 Å². The van der Waals surface area contributed by atoms with Gasteiger partial charge in [-0.15, -0.1) is 0 Å². The van der Waals surface area contributed by atoms with E-state index in [4.69, 9.17) is 9.47 Å². The van der Waals surface area contributed by atoms with Gasteiger partial charge in [-0.1, -0.05) is 32.0 Å². The van der Waals surface area contributed by atoms with Gasteiger partial charge in [-0.05, 0) is 56.2 Å². The van der Waals surface area contributed by atoms with E-state index >= 15 is 0 Å². The summed E-state index contributed by atoms with van der Waals surface area (Å²) in [6, 6.07) is 12.2. The zero-order valence-corrected chi connectivity index (χ0v) is 17.4. The molecule has 2 rings (SSSR count). The Labute approximate surface area is 171 Å². The molecule has 2 aromatic rings. The molecule has 0 fully saturated rings. The highest BCUT2D eigenvalue weighted by atomic mass is 16.6. The third kappa shape index (κ3) is 6.17. The fourth-order valence-corrected chi connectivity index (χ4v) is 2.68. The number of benzene rings is 2. The van der Waals surface area contributed by atoms with E-state index in [2.05, 4.69) is 5.32 Å². The Hall–Kier alpha value is -3.15. The number of ether oxygens (including phenoxy) is 2. The van der Waals surface area contributed by atoms with Crippen LogP contribution in [-0.2, 0) is 14.3 Å². The lowest BCUT2D eigenvalue weighted by Gasteiger charge is -2.15. The standard InChI is InChI=1S/C23H27NO5/c1-14(2)23(27)24-19-11-9-18(10-12-19)21(26)17(5)29-20(25)13-28-22-15(3)7-6-8-16(22)4/h6-12,14,17H,13H2,1-5H3,(H,24,27). The number of ketones is 1. The summed E-state index contributed by atoms with van der Waals surface area (Å²) >= 11 is 0. The molecule has 1 amide bonds. The van der Waals surface area contributed by atoms with Crippen LogP contribution in [0, 0.1) is 19.8 Å². The summed E-state index contributed by atoms with van der Waals surface area (Å²) < 4.78 is 10.8. The van der Waals surface area contributed by atoms with Crippen LogP contribution < -0.4 is 10.1 Å². The van der Waals surface area contributed by atoms with Crippen LogP contribution in [0.15, 0.2) is 42.5 Å². The third-order valence-electron chi connectivity index (χ3n) is 4.38. The van der Waals surface area contributed by atoms with Crippen LogP contribution in [0.3, 0.4) is 0 Å². The van der Waals surface area contributed by atoms with Gasteiger partial charge in [0.05, 0.1) is 0 Å². The molecule has 0 saturated heterocycles. The van der Waals surface area contributed by atoms with Crippen molar-refractivity contribution < 1.29 is 23.9 Å². The number of amides is 1. The monoisotopic (exact) mass is 397 g/mol. The van der Waals surface area contributed by atoms with Crippen LogP contribution in [0.2, 0.25) is 0 Å². The van der Waals surface area contributed by atoms with E-state index in [1.807, 2.05) is 32.0 Å². The third-order valence-corrected chi connectivity index (χ3v) is 4.38. The number of anilines is 1. The molecule has 0 spiro atoms. The predicted molar refractivity (Wildman–Crippen MR) is 111 cm³/mol. The average Bonchev–Trinajstić information content (AvgIpc) is 2.67. The van der Waals surface area contributed by atoms with Crippen molar-refractivity contribution in [2.24, 2.45) is 5.92 Å². The van der Waals surface area contributed by atoms with Crippen LogP contribution >= 0.6 is 0 Å². The normalized spacial score (nSPS) is 11.7. The second-order valence-electron chi connectivity index (χ2n) is 7.23. The number of rotatable bonds is 8. The molecule has 0 aliphatic carbocycles. The molecule has 6 nitrogen and oxygen atoms in total. The molecular weight excluding hydrogens is 370 g/mol. The molecule has 0 radical (unpaired) electrons. The van der Waals surface area contributed by atoms with Crippen LogP contribution in [0.25, 0.3) is 0 Å².